The molecule has 13 heavy (non-hydrogen) atoms. The Hall–Kier alpha value is 0.190. The number of hydrogen-bond acceptors (Lipinski definition) is 2. The summed E-state index contributed by atoms with van der Waals surface area (Å²) < 4.78 is 2.40. The minimum Gasteiger partial charge on any atom is -0.398 e. The highest BCUT2D eigenvalue weighted by molar-refractivity contribution is 14.1. The molecule has 0 aliphatic heterocycles. The van der Waals surface area contributed by atoms with Crippen molar-refractivity contribution in [3.05, 3.63) is 26.6 Å². The molecule has 0 amide bonds. The van der Waals surface area contributed by atoms with E-state index in [1.165, 1.54) is 19.2 Å². The van der Waals surface area contributed by atoms with E-state index in [-0.39, 0.29) is 0 Å². The molecular formula is C9H7BrINS. The zero-order chi connectivity index (χ0) is 9.42. The van der Waals surface area contributed by atoms with E-state index in [0.717, 1.165) is 11.0 Å². The number of benzene rings is 1. The fraction of sp³-hybridized carbons (Fsp3) is 0.111. The molecular weight excluding hydrogens is 361 g/mol. The summed E-state index contributed by atoms with van der Waals surface area (Å²) >= 11 is 7.48. The quantitative estimate of drug-likeness (QED) is 0.460. The van der Waals surface area contributed by atoms with E-state index in [1.807, 2.05) is 6.07 Å². The number of rotatable bonds is 1. The average molecular weight is 368 g/mol. The highest BCUT2D eigenvalue weighted by Crippen LogP contribution is 2.33. The number of anilines is 1. The van der Waals surface area contributed by atoms with Crippen LogP contribution in [0.2, 0.25) is 0 Å². The Balaban J connectivity index is 2.82. The fourth-order valence-electron chi connectivity index (χ4n) is 1.28. The van der Waals surface area contributed by atoms with Gasteiger partial charge < -0.3 is 5.73 Å². The second kappa shape index (κ2) is 3.74. The molecule has 0 unspecified atom stereocenters. The minimum atomic E-state index is 0.888. The van der Waals surface area contributed by atoms with Crippen molar-refractivity contribution in [2.24, 2.45) is 0 Å². The Labute approximate surface area is 103 Å². The lowest BCUT2D eigenvalue weighted by atomic mass is 10.2. The van der Waals surface area contributed by atoms with Gasteiger partial charge in [0.2, 0.25) is 0 Å². The molecule has 2 aromatic rings. The molecule has 2 N–H and O–H groups in total. The van der Waals surface area contributed by atoms with Crippen molar-refractivity contribution in [1.29, 1.82) is 0 Å². The topological polar surface area (TPSA) is 26.0 Å². The summed E-state index contributed by atoms with van der Waals surface area (Å²) in [6.45, 7) is 0. The third-order valence-corrected chi connectivity index (χ3v) is 4.21. The maximum Gasteiger partial charge on any atom is 0.0576 e. The minimum absolute atomic E-state index is 0.888. The number of thiophene rings is 1. The van der Waals surface area contributed by atoms with Gasteiger partial charge in [0.05, 0.1) is 10.4 Å². The maximum absolute atomic E-state index is 5.92. The van der Waals surface area contributed by atoms with E-state index in [2.05, 4.69) is 50.0 Å². The molecule has 0 radical (unpaired) electrons. The molecule has 1 heterocycles. The summed E-state index contributed by atoms with van der Waals surface area (Å²) in [6, 6.07) is 4.19. The van der Waals surface area contributed by atoms with Crippen molar-refractivity contribution in [3.8, 4) is 0 Å². The number of hydrogen-bond donors (Lipinski definition) is 1. The van der Waals surface area contributed by atoms with Gasteiger partial charge in [-0.3, -0.25) is 0 Å². The summed E-state index contributed by atoms with van der Waals surface area (Å²) in [5, 5.41) is 4.34. The number of halogens is 2. The average Bonchev–Trinajstić information content (AvgIpc) is 2.47. The van der Waals surface area contributed by atoms with Crippen LogP contribution in [0.25, 0.3) is 10.1 Å². The highest BCUT2D eigenvalue weighted by Gasteiger charge is 2.06. The van der Waals surface area contributed by atoms with Crippen LogP contribution in [-0.2, 0) is 5.33 Å². The zero-order valence-corrected chi connectivity index (χ0v) is 11.2. The molecule has 68 valence electrons. The van der Waals surface area contributed by atoms with Gasteiger partial charge in [0.25, 0.3) is 0 Å². The summed E-state index contributed by atoms with van der Waals surface area (Å²) in [4.78, 5) is 0. The molecule has 1 aromatic heterocycles. The molecule has 0 aliphatic rings. The van der Waals surface area contributed by atoms with Crippen molar-refractivity contribution in [2.45, 2.75) is 5.33 Å². The first-order chi connectivity index (χ1) is 6.22. The standard InChI is InChI=1S/C9H7BrINS/c10-3-5-4-13-9-7(5)1-6(11)2-8(9)12/h1-2,4H,3,12H2. The number of nitrogen functional groups attached to an aromatic ring is 1. The molecule has 4 heteroatoms. The molecule has 1 aromatic carbocycles. The van der Waals surface area contributed by atoms with E-state index >= 15 is 0 Å². The van der Waals surface area contributed by atoms with Gasteiger partial charge in [-0.15, -0.1) is 11.3 Å². The van der Waals surface area contributed by atoms with Gasteiger partial charge in [0.15, 0.2) is 0 Å². The first-order valence-corrected chi connectivity index (χ1v) is 6.81. The smallest absolute Gasteiger partial charge is 0.0576 e. The summed E-state index contributed by atoms with van der Waals surface area (Å²) in [6.07, 6.45) is 0. The Morgan fingerprint density at radius 2 is 2.23 bits per heavy atom. The number of alkyl halides is 1. The third kappa shape index (κ3) is 1.71. The van der Waals surface area contributed by atoms with E-state index < -0.39 is 0 Å². The molecule has 0 atom stereocenters. The van der Waals surface area contributed by atoms with Crippen LogP contribution in [0.3, 0.4) is 0 Å². The monoisotopic (exact) mass is 367 g/mol. The lowest BCUT2D eigenvalue weighted by molar-refractivity contribution is 1.54. The first-order valence-electron chi connectivity index (χ1n) is 3.73. The highest BCUT2D eigenvalue weighted by atomic mass is 127. The van der Waals surface area contributed by atoms with Gasteiger partial charge in [-0.2, -0.15) is 0 Å². The van der Waals surface area contributed by atoms with Gasteiger partial charge >= 0.3 is 0 Å². The Morgan fingerprint density at radius 1 is 1.46 bits per heavy atom. The second-order valence-corrected chi connectivity index (χ2v) is 5.45. The van der Waals surface area contributed by atoms with Crippen molar-refractivity contribution in [2.75, 3.05) is 5.73 Å². The van der Waals surface area contributed by atoms with Crippen LogP contribution in [0.1, 0.15) is 5.56 Å². The van der Waals surface area contributed by atoms with Crippen molar-refractivity contribution in [1.82, 2.24) is 0 Å². The predicted octanol–water partition coefficient (Wildman–Crippen LogP) is 3.98. The normalized spacial score (nSPS) is 10.9. The second-order valence-electron chi connectivity index (χ2n) is 2.77. The number of nitrogens with two attached hydrogens (primary N) is 1. The lowest BCUT2D eigenvalue weighted by Crippen LogP contribution is -1.86. The van der Waals surface area contributed by atoms with E-state index in [9.17, 15) is 0 Å². The summed E-state index contributed by atoms with van der Waals surface area (Å²) in [5.41, 5.74) is 8.13. The molecule has 0 spiro atoms. The van der Waals surface area contributed by atoms with Crippen molar-refractivity contribution < 1.29 is 0 Å². The van der Waals surface area contributed by atoms with Crippen LogP contribution in [0.5, 0.6) is 0 Å². The predicted molar refractivity (Wildman–Crippen MR) is 71.6 cm³/mol. The van der Waals surface area contributed by atoms with Crippen LogP contribution in [-0.4, -0.2) is 0 Å². The summed E-state index contributed by atoms with van der Waals surface area (Å²) in [7, 11) is 0. The largest absolute Gasteiger partial charge is 0.398 e. The maximum atomic E-state index is 5.92. The van der Waals surface area contributed by atoms with Crippen LogP contribution in [0.4, 0.5) is 5.69 Å². The molecule has 0 bridgehead atoms. The van der Waals surface area contributed by atoms with Crippen LogP contribution < -0.4 is 5.73 Å². The van der Waals surface area contributed by atoms with E-state index in [4.69, 9.17) is 5.73 Å². The van der Waals surface area contributed by atoms with E-state index in [1.54, 1.807) is 11.3 Å². The number of fused-ring (bicyclic) bond motifs is 1. The Morgan fingerprint density at radius 3 is 2.92 bits per heavy atom. The van der Waals surface area contributed by atoms with E-state index in [0.29, 0.717) is 0 Å². The fourth-order valence-corrected chi connectivity index (χ4v) is 3.59. The Bertz CT molecular complexity index is 452. The lowest BCUT2D eigenvalue weighted by Gasteiger charge is -1.98. The van der Waals surface area contributed by atoms with Crippen LogP contribution in [0.15, 0.2) is 17.5 Å². The first kappa shape index (κ1) is 9.73. The molecule has 1 nitrogen and oxygen atoms in total. The van der Waals surface area contributed by atoms with Crippen molar-refractivity contribution >= 4 is 65.6 Å². The van der Waals surface area contributed by atoms with Gasteiger partial charge in [0, 0.05) is 8.90 Å². The molecule has 0 saturated heterocycles. The van der Waals surface area contributed by atoms with Gasteiger partial charge in [0.1, 0.15) is 0 Å². The van der Waals surface area contributed by atoms with Crippen LogP contribution in [0, 0.1) is 3.57 Å². The van der Waals surface area contributed by atoms with Gasteiger partial charge in [-0.25, -0.2) is 0 Å². The molecule has 2 rings (SSSR count). The SMILES string of the molecule is Nc1cc(I)cc2c(CBr)csc12. The molecule has 0 aliphatic carbocycles. The van der Waals surface area contributed by atoms with Crippen LogP contribution >= 0.6 is 49.9 Å². The van der Waals surface area contributed by atoms with Gasteiger partial charge in [-0.1, -0.05) is 15.9 Å². The molecule has 0 saturated carbocycles. The van der Waals surface area contributed by atoms with Gasteiger partial charge in [-0.05, 0) is 51.1 Å². The third-order valence-electron chi connectivity index (χ3n) is 1.89. The zero-order valence-electron chi connectivity index (χ0n) is 6.68. The Kier molecular flexibility index (Phi) is 2.80. The molecule has 0 fully saturated rings. The van der Waals surface area contributed by atoms with Crippen molar-refractivity contribution in [3.63, 3.8) is 0 Å². The summed E-state index contributed by atoms with van der Waals surface area (Å²) in [5.74, 6) is 0.